The van der Waals surface area contributed by atoms with Crippen molar-refractivity contribution in [1.29, 1.82) is 0 Å². The lowest BCUT2D eigenvalue weighted by Gasteiger charge is -2.12. The maximum atomic E-state index is 4.94. The topological polar surface area (TPSA) is 30.8 Å². The normalized spacial score (nSPS) is 16.3. The smallest absolute Gasteiger partial charge is 0.140 e. The van der Waals surface area contributed by atoms with E-state index in [0.29, 0.717) is 13.2 Å². The van der Waals surface area contributed by atoms with Crippen LogP contribution >= 0.6 is 0 Å². The predicted molar refractivity (Wildman–Crippen MR) is 39.1 cm³/mol. The van der Waals surface area contributed by atoms with Crippen LogP contribution in [0.1, 0.15) is 19.3 Å². The molecule has 58 valence electrons. The van der Waals surface area contributed by atoms with Gasteiger partial charge < -0.3 is 9.57 Å². The van der Waals surface area contributed by atoms with Gasteiger partial charge >= 0.3 is 0 Å². The number of ether oxygens (including phenoxy) is 1. The van der Waals surface area contributed by atoms with E-state index in [1.165, 1.54) is 12.1 Å². The molecule has 3 nitrogen and oxygen atoms in total. The first-order valence-electron chi connectivity index (χ1n) is 3.60. The Bertz CT molecular complexity index is 117. The Morgan fingerprint density at radius 1 is 1.40 bits per heavy atom. The Labute approximate surface area is 61.0 Å². The molecule has 1 aliphatic carbocycles. The van der Waals surface area contributed by atoms with E-state index in [-0.39, 0.29) is 0 Å². The van der Waals surface area contributed by atoms with Crippen molar-refractivity contribution in [3.05, 3.63) is 0 Å². The van der Waals surface area contributed by atoms with Gasteiger partial charge in [-0.05, 0) is 19.3 Å². The molecule has 0 aromatic rings. The third-order valence-corrected chi connectivity index (χ3v) is 1.50. The van der Waals surface area contributed by atoms with Gasteiger partial charge in [-0.2, -0.15) is 0 Å². The molecule has 0 heterocycles. The molecule has 0 spiro atoms. The molecular weight excluding hydrogens is 130 g/mol. The lowest BCUT2D eigenvalue weighted by Crippen LogP contribution is -2.10. The molecule has 0 bridgehead atoms. The number of oxime groups is 1. The summed E-state index contributed by atoms with van der Waals surface area (Å²) in [6, 6.07) is 0. The molecule has 1 fully saturated rings. The van der Waals surface area contributed by atoms with Crippen LogP contribution in [0.5, 0.6) is 0 Å². The fourth-order valence-corrected chi connectivity index (χ4v) is 0.684. The van der Waals surface area contributed by atoms with Crippen molar-refractivity contribution >= 4 is 5.71 Å². The highest BCUT2D eigenvalue weighted by atomic mass is 16.6. The summed E-state index contributed by atoms with van der Waals surface area (Å²) in [7, 11) is 1.65. The first-order chi connectivity index (χ1) is 4.93. The largest absolute Gasteiger partial charge is 0.393 e. The molecule has 0 atom stereocenters. The summed E-state index contributed by atoms with van der Waals surface area (Å²) in [5, 5.41) is 3.90. The molecule has 0 N–H and O–H groups in total. The van der Waals surface area contributed by atoms with E-state index in [1.807, 2.05) is 0 Å². The Hall–Kier alpha value is -0.570. The fourth-order valence-electron chi connectivity index (χ4n) is 0.684. The summed E-state index contributed by atoms with van der Waals surface area (Å²) < 4.78 is 4.78. The van der Waals surface area contributed by atoms with Crippen LogP contribution in [-0.2, 0) is 9.57 Å². The van der Waals surface area contributed by atoms with Gasteiger partial charge in [-0.1, -0.05) is 5.16 Å². The lowest BCUT2D eigenvalue weighted by molar-refractivity contribution is 0.0738. The second kappa shape index (κ2) is 4.28. The SMILES string of the molecule is COCCON=C1CCC1. The van der Waals surface area contributed by atoms with E-state index < -0.39 is 0 Å². The van der Waals surface area contributed by atoms with Crippen LogP contribution in [0.25, 0.3) is 0 Å². The van der Waals surface area contributed by atoms with Crippen molar-refractivity contribution in [3.63, 3.8) is 0 Å². The molecule has 1 rings (SSSR count). The van der Waals surface area contributed by atoms with Gasteiger partial charge in [-0.15, -0.1) is 0 Å². The number of hydrogen-bond acceptors (Lipinski definition) is 3. The van der Waals surface area contributed by atoms with E-state index in [2.05, 4.69) is 5.16 Å². The molecule has 0 amide bonds. The zero-order chi connectivity index (χ0) is 7.23. The zero-order valence-corrected chi connectivity index (χ0v) is 6.30. The average molecular weight is 143 g/mol. The standard InChI is InChI=1S/C7H13NO2/c1-9-5-6-10-8-7-3-2-4-7/h2-6H2,1H3. The molecule has 0 aromatic carbocycles. The van der Waals surface area contributed by atoms with Crippen molar-refractivity contribution in [1.82, 2.24) is 0 Å². The van der Waals surface area contributed by atoms with Crippen molar-refractivity contribution in [3.8, 4) is 0 Å². The summed E-state index contributed by atoms with van der Waals surface area (Å²) >= 11 is 0. The molecule has 1 saturated carbocycles. The van der Waals surface area contributed by atoms with E-state index in [0.717, 1.165) is 12.8 Å². The van der Waals surface area contributed by atoms with E-state index >= 15 is 0 Å². The minimum absolute atomic E-state index is 0.569. The second-order valence-corrected chi connectivity index (χ2v) is 2.34. The monoisotopic (exact) mass is 143 g/mol. The van der Waals surface area contributed by atoms with Crippen molar-refractivity contribution in [2.45, 2.75) is 19.3 Å². The Morgan fingerprint density at radius 3 is 2.70 bits per heavy atom. The Balaban J connectivity index is 1.93. The molecular formula is C7H13NO2. The van der Waals surface area contributed by atoms with E-state index in [4.69, 9.17) is 9.57 Å². The molecule has 3 heteroatoms. The van der Waals surface area contributed by atoms with Crippen LogP contribution < -0.4 is 0 Å². The van der Waals surface area contributed by atoms with E-state index in [9.17, 15) is 0 Å². The molecule has 0 saturated heterocycles. The fraction of sp³-hybridized carbons (Fsp3) is 0.857. The third kappa shape index (κ3) is 2.35. The van der Waals surface area contributed by atoms with Crippen LogP contribution in [0.2, 0.25) is 0 Å². The predicted octanol–water partition coefficient (Wildman–Crippen LogP) is 1.19. The van der Waals surface area contributed by atoms with Crippen LogP contribution in [0.4, 0.5) is 0 Å². The van der Waals surface area contributed by atoms with Gasteiger partial charge in [-0.25, -0.2) is 0 Å². The minimum Gasteiger partial charge on any atom is -0.393 e. The maximum absolute atomic E-state index is 4.94. The number of methoxy groups -OCH3 is 1. The number of rotatable bonds is 4. The summed E-state index contributed by atoms with van der Waals surface area (Å²) in [6.45, 7) is 1.19. The van der Waals surface area contributed by atoms with Gasteiger partial charge in [0.05, 0.1) is 12.3 Å². The van der Waals surface area contributed by atoms with Gasteiger partial charge in [0.25, 0.3) is 0 Å². The van der Waals surface area contributed by atoms with Gasteiger partial charge in [0.15, 0.2) is 0 Å². The Morgan fingerprint density at radius 2 is 2.20 bits per heavy atom. The summed E-state index contributed by atoms with van der Waals surface area (Å²) in [6.07, 6.45) is 3.51. The van der Waals surface area contributed by atoms with Crippen LogP contribution in [0.3, 0.4) is 0 Å². The average Bonchev–Trinajstić information content (AvgIpc) is 1.84. The second-order valence-electron chi connectivity index (χ2n) is 2.34. The molecule has 0 unspecified atom stereocenters. The molecule has 1 aliphatic rings. The highest BCUT2D eigenvalue weighted by Gasteiger charge is 2.09. The highest BCUT2D eigenvalue weighted by Crippen LogP contribution is 2.14. The number of hydrogen-bond donors (Lipinski definition) is 0. The summed E-state index contributed by atoms with van der Waals surface area (Å²) in [5.41, 5.74) is 1.19. The lowest BCUT2D eigenvalue weighted by atomic mass is 9.98. The van der Waals surface area contributed by atoms with Crippen LogP contribution in [0.15, 0.2) is 5.16 Å². The summed E-state index contributed by atoms with van der Waals surface area (Å²) in [5.74, 6) is 0. The van der Waals surface area contributed by atoms with Gasteiger partial charge in [0, 0.05) is 7.11 Å². The first-order valence-corrected chi connectivity index (χ1v) is 3.60. The quantitative estimate of drug-likeness (QED) is 0.437. The highest BCUT2D eigenvalue weighted by molar-refractivity contribution is 5.88. The van der Waals surface area contributed by atoms with E-state index in [1.54, 1.807) is 7.11 Å². The molecule has 10 heavy (non-hydrogen) atoms. The molecule has 0 aliphatic heterocycles. The third-order valence-electron chi connectivity index (χ3n) is 1.50. The Kier molecular flexibility index (Phi) is 3.22. The maximum Gasteiger partial charge on any atom is 0.140 e. The molecule has 0 aromatic heterocycles. The molecule has 0 radical (unpaired) electrons. The van der Waals surface area contributed by atoms with Crippen LogP contribution in [-0.4, -0.2) is 26.0 Å². The van der Waals surface area contributed by atoms with Crippen LogP contribution in [0, 0.1) is 0 Å². The first kappa shape index (κ1) is 7.54. The van der Waals surface area contributed by atoms with Gasteiger partial charge in [-0.3, -0.25) is 0 Å². The van der Waals surface area contributed by atoms with Gasteiger partial charge in [0.1, 0.15) is 6.61 Å². The minimum atomic E-state index is 0.569. The number of nitrogens with zero attached hydrogens (tertiary/aromatic N) is 1. The van der Waals surface area contributed by atoms with Crippen molar-refractivity contribution < 1.29 is 9.57 Å². The summed E-state index contributed by atoms with van der Waals surface area (Å²) in [4.78, 5) is 4.94. The van der Waals surface area contributed by atoms with Crippen molar-refractivity contribution in [2.75, 3.05) is 20.3 Å². The van der Waals surface area contributed by atoms with Crippen molar-refractivity contribution in [2.24, 2.45) is 5.16 Å². The zero-order valence-electron chi connectivity index (χ0n) is 6.30. The van der Waals surface area contributed by atoms with Gasteiger partial charge in [0.2, 0.25) is 0 Å².